The zero-order chi connectivity index (χ0) is 15.5. The van der Waals surface area contributed by atoms with E-state index in [1.54, 1.807) is 0 Å². The highest BCUT2D eigenvalue weighted by molar-refractivity contribution is 7.99. The lowest BCUT2D eigenvalue weighted by Gasteiger charge is -1.98. The van der Waals surface area contributed by atoms with Crippen LogP contribution in [0.3, 0.4) is 0 Å². The fourth-order valence-corrected chi connectivity index (χ4v) is 3.91. The smallest absolute Gasteiger partial charge is 0.277 e. The van der Waals surface area contributed by atoms with Crippen LogP contribution < -0.4 is 5.32 Å². The summed E-state index contributed by atoms with van der Waals surface area (Å²) in [5, 5.41) is 12.6. The average Bonchev–Trinajstić information content (AvgIpc) is 3.11. The Balaban J connectivity index is 1.80. The van der Waals surface area contributed by atoms with Crippen molar-refractivity contribution in [1.82, 2.24) is 15.5 Å². The molecule has 0 aliphatic carbocycles. The van der Waals surface area contributed by atoms with Crippen molar-refractivity contribution in [3.05, 3.63) is 29.3 Å². The van der Waals surface area contributed by atoms with Crippen LogP contribution in [0, 0.1) is 0 Å². The Morgan fingerprint density at radius 2 is 2.23 bits per heavy atom. The van der Waals surface area contributed by atoms with Gasteiger partial charge < -0.3 is 9.73 Å². The van der Waals surface area contributed by atoms with Gasteiger partial charge in [-0.1, -0.05) is 41.6 Å². The molecule has 1 aromatic carbocycles. The number of benzene rings is 1. The van der Waals surface area contributed by atoms with Crippen molar-refractivity contribution in [2.24, 2.45) is 0 Å². The molecule has 8 heteroatoms. The molecule has 0 saturated carbocycles. The molecular formula is C14H12ClN3O2S2. The van der Waals surface area contributed by atoms with E-state index in [2.05, 4.69) is 15.5 Å². The van der Waals surface area contributed by atoms with Crippen LogP contribution in [-0.2, 0) is 4.79 Å². The number of rotatable bonds is 5. The second-order valence-electron chi connectivity index (χ2n) is 4.36. The predicted molar refractivity (Wildman–Crippen MR) is 89.5 cm³/mol. The van der Waals surface area contributed by atoms with Crippen LogP contribution >= 0.6 is 34.7 Å². The number of thioether (sulfide) groups is 1. The highest BCUT2D eigenvalue weighted by atomic mass is 35.5. The largest absolute Gasteiger partial charge is 0.410 e. The zero-order valence-corrected chi connectivity index (χ0v) is 14.0. The van der Waals surface area contributed by atoms with E-state index >= 15 is 0 Å². The summed E-state index contributed by atoms with van der Waals surface area (Å²) in [5.74, 6) is 0.562. The van der Waals surface area contributed by atoms with Gasteiger partial charge in [0.05, 0.1) is 10.8 Å². The molecule has 5 nitrogen and oxygen atoms in total. The van der Waals surface area contributed by atoms with E-state index in [4.69, 9.17) is 16.0 Å². The number of fused-ring (bicyclic) bond motifs is 1. The van der Waals surface area contributed by atoms with Gasteiger partial charge in [-0.15, -0.1) is 21.5 Å². The Morgan fingerprint density at radius 1 is 1.41 bits per heavy atom. The molecule has 0 spiro atoms. The van der Waals surface area contributed by atoms with E-state index in [1.165, 1.54) is 23.1 Å². The Bertz CT molecular complexity index is 815. The molecule has 22 heavy (non-hydrogen) atoms. The van der Waals surface area contributed by atoms with Crippen LogP contribution in [0.1, 0.15) is 6.92 Å². The Labute approximate surface area is 140 Å². The molecule has 1 amide bonds. The average molecular weight is 354 g/mol. The van der Waals surface area contributed by atoms with E-state index < -0.39 is 0 Å². The molecular weight excluding hydrogens is 342 g/mol. The first-order chi connectivity index (χ1) is 10.7. The molecule has 0 aliphatic rings. The third kappa shape index (κ3) is 3.11. The highest BCUT2D eigenvalue weighted by Crippen LogP contribution is 2.41. The minimum atomic E-state index is -0.0628. The first kappa shape index (κ1) is 15.3. The van der Waals surface area contributed by atoms with E-state index in [9.17, 15) is 4.79 Å². The van der Waals surface area contributed by atoms with Gasteiger partial charge in [0.25, 0.3) is 11.1 Å². The van der Waals surface area contributed by atoms with Crippen molar-refractivity contribution in [2.75, 3.05) is 12.3 Å². The summed E-state index contributed by atoms with van der Waals surface area (Å²) in [5.41, 5.74) is 0. The first-order valence-electron chi connectivity index (χ1n) is 6.59. The summed E-state index contributed by atoms with van der Waals surface area (Å²) in [6, 6.07) is 7.85. The number of aromatic nitrogens is 2. The Morgan fingerprint density at radius 3 is 3.00 bits per heavy atom. The minimum Gasteiger partial charge on any atom is -0.410 e. The van der Waals surface area contributed by atoms with Gasteiger partial charge in [0, 0.05) is 16.6 Å². The number of hydrogen-bond donors (Lipinski definition) is 1. The SMILES string of the molecule is CCNC(=O)CSc1nnc(-c2sc3ccccc3c2Cl)o1. The molecule has 1 N–H and O–H groups in total. The van der Waals surface area contributed by atoms with Crippen molar-refractivity contribution in [3.8, 4) is 10.8 Å². The van der Waals surface area contributed by atoms with Crippen LogP contribution in [0.4, 0.5) is 0 Å². The maximum absolute atomic E-state index is 11.4. The van der Waals surface area contributed by atoms with Crippen molar-refractivity contribution in [3.63, 3.8) is 0 Å². The summed E-state index contributed by atoms with van der Waals surface area (Å²) >= 11 is 9.09. The number of amides is 1. The molecule has 0 aliphatic heterocycles. The molecule has 0 atom stereocenters. The van der Waals surface area contributed by atoms with Crippen LogP contribution in [0.25, 0.3) is 20.9 Å². The minimum absolute atomic E-state index is 0.0628. The molecule has 0 saturated heterocycles. The molecule has 0 bridgehead atoms. The normalized spacial score (nSPS) is 11.0. The van der Waals surface area contributed by atoms with Gasteiger partial charge in [-0.05, 0) is 13.0 Å². The predicted octanol–water partition coefficient (Wildman–Crippen LogP) is 3.83. The van der Waals surface area contributed by atoms with Gasteiger partial charge in [0.1, 0.15) is 4.88 Å². The summed E-state index contributed by atoms with van der Waals surface area (Å²) in [7, 11) is 0. The number of thiophene rings is 1. The molecule has 0 radical (unpaired) electrons. The van der Waals surface area contributed by atoms with Crippen LogP contribution in [0.15, 0.2) is 33.9 Å². The lowest BCUT2D eigenvalue weighted by molar-refractivity contribution is -0.118. The zero-order valence-electron chi connectivity index (χ0n) is 11.6. The maximum atomic E-state index is 11.4. The first-order valence-corrected chi connectivity index (χ1v) is 8.77. The topological polar surface area (TPSA) is 68.0 Å². The van der Waals surface area contributed by atoms with Crippen molar-refractivity contribution in [2.45, 2.75) is 12.1 Å². The van der Waals surface area contributed by atoms with Gasteiger partial charge in [-0.2, -0.15) is 0 Å². The number of halogens is 1. The third-order valence-corrected chi connectivity index (χ3v) is 5.32. The number of nitrogens with one attached hydrogen (secondary N) is 1. The summed E-state index contributed by atoms with van der Waals surface area (Å²) in [6.45, 7) is 2.47. The van der Waals surface area contributed by atoms with Gasteiger partial charge in [-0.25, -0.2) is 0 Å². The quantitative estimate of drug-likeness (QED) is 0.706. The van der Waals surface area contributed by atoms with Crippen LogP contribution in [0.5, 0.6) is 0 Å². The van der Waals surface area contributed by atoms with Gasteiger partial charge >= 0.3 is 0 Å². The van der Waals surface area contributed by atoms with Gasteiger partial charge in [-0.3, -0.25) is 4.79 Å². The second kappa shape index (κ2) is 6.68. The van der Waals surface area contributed by atoms with E-state index in [-0.39, 0.29) is 11.7 Å². The van der Waals surface area contributed by atoms with E-state index in [0.29, 0.717) is 22.7 Å². The second-order valence-corrected chi connectivity index (χ2v) is 6.71. The molecule has 114 valence electrons. The Hall–Kier alpha value is -1.57. The van der Waals surface area contributed by atoms with Crippen LogP contribution in [0.2, 0.25) is 5.02 Å². The van der Waals surface area contributed by atoms with Crippen molar-refractivity contribution < 1.29 is 9.21 Å². The third-order valence-electron chi connectivity index (χ3n) is 2.84. The summed E-state index contributed by atoms with van der Waals surface area (Å²) in [6.07, 6.45) is 0. The van der Waals surface area contributed by atoms with E-state index in [1.807, 2.05) is 31.2 Å². The van der Waals surface area contributed by atoms with Gasteiger partial charge in [0.2, 0.25) is 5.91 Å². The van der Waals surface area contributed by atoms with E-state index in [0.717, 1.165) is 15.0 Å². The van der Waals surface area contributed by atoms with Gasteiger partial charge in [0.15, 0.2) is 0 Å². The lowest BCUT2D eigenvalue weighted by atomic mass is 10.2. The van der Waals surface area contributed by atoms with Crippen molar-refractivity contribution >= 4 is 50.7 Å². The monoisotopic (exact) mass is 353 g/mol. The standard InChI is InChI=1S/C14H12ClN3O2S2/c1-2-16-10(19)7-21-14-18-17-13(20-14)12-11(15)8-5-3-4-6-9(8)22-12/h3-6H,2,7H2,1H3,(H,16,19). The van der Waals surface area contributed by atoms with Crippen LogP contribution in [-0.4, -0.2) is 28.4 Å². The molecule has 0 unspecified atom stereocenters. The molecule has 0 fully saturated rings. The molecule has 3 aromatic rings. The Kier molecular flexibility index (Phi) is 4.66. The highest BCUT2D eigenvalue weighted by Gasteiger charge is 2.18. The fourth-order valence-electron chi connectivity index (χ4n) is 1.89. The van der Waals surface area contributed by atoms with Crippen molar-refractivity contribution in [1.29, 1.82) is 0 Å². The number of carbonyl (C=O) groups excluding carboxylic acids is 1. The molecule has 2 heterocycles. The summed E-state index contributed by atoms with van der Waals surface area (Å²) in [4.78, 5) is 12.2. The number of nitrogens with zero attached hydrogens (tertiary/aromatic N) is 2. The fraction of sp³-hybridized carbons (Fsp3) is 0.214. The maximum Gasteiger partial charge on any atom is 0.277 e. The number of carbonyl (C=O) groups is 1. The molecule has 3 rings (SSSR count). The molecule has 2 aromatic heterocycles. The summed E-state index contributed by atoms with van der Waals surface area (Å²) < 4.78 is 6.66. The number of hydrogen-bond acceptors (Lipinski definition) is 6. The lowest BCUT2D eigenvalue weighted by Crippen LogP contribution is -2.24.